The lowest BCUT2D eigenvalue weighted by Gasteiger charge is -2.16. The van der Waals surface area contributed by atoms with Gasteiger partial charge in [0.1, 0.15) is 6.61 Å². The van der Waals surface area contributed by atoms with E-state index in [9.17, 15) is 28.0 Å². The number of carbonyl (C=O) groups is 4. The van der Waals surface area contributed by atoms with Gasteiger partial charge in [-0.3, -0.25) is 24.1 Å². The van der Waals surface area contributed by atoms with E-state index < -0.39 is 29.2 Å². The Morgan fingerprint density at radius 3 is 1.41 bits per heavy atom. The lowest BCUT2D eigenvalue weighted by Crippen LogP contribution is -2.38. The number of rotatable bonds is 13. The molecule has 0 bridgehead atoms. The number of alkyl halides is 2. The van der Waals surface area contributed by atoms with Crippen LogP contribution in [0.15, 0.2) is 127 Å². The number of nitrogens with one attached hydrogen (secondary N) is 1. The number of nitrogens with zero attached hydrogens (tertiary/aromatic N) is 1. The molecule has 4 heterocycles. The van der Waals surface area contributed by atoms with Crippen LogP contribution in [0.4, 0.5) is 8.78 Å². The number of benzene rings is 6. The minimum absolute atomic E-state index is 0.105. The number of imide groups is 1. The van der Waals surface area contributed by atoms with Crippen LogP contribution in [-0.2, 0) is 33.6 Å². The molecular weight excluding hydrogens is 963 g/mol. The van der Waals surface area contributed by atoms with Gasteiger partial charge in [0.25, 0.3) is 17.7 Å². The predicted molar refractivity (Wildman–Crippen MR) is 276 cm³/mol. The first-order valence-electron chi connectivity index (χ1n) is 25.1. The quantitative estimate of drug-likeness (QED) is 0.0870. The first kappa shape index (κ1) is 51.9. The lowest BCUT2D eigenvalue weighted by atomic mass is 9.98. The van der Waals surface area contributed by atoms with E-state index in [2.05, 4.69) is 41.7 Å². The van der Waals surface area contributed by atoms with Crippen molar-refractivity contribution in [1.82, 2.24) is 10.2 Å². The summed E-state index contributed by atoms with van der Waals surface area (Å²) in [7, 11) is 0. The summed E-state index contributed by atoms with van der Waals surface area (Å²) >= 11 is 0. The third-order valence-corrected chi connectivity index (χ3v) is 13.0. The van der Waals surface area contributed by atoms with E-state index in [4.69, 9.17) is 33.2 Å². The molecule has 11 rings (SSSR count). The van der Waals surface area contributed by atoms with Crippen molar-refractivity contribution in [3.63, 3.8) is 0 Å². The normalized spacial score (nSPS) is 16.2. The summed E-state index contributed by atoms with van der Waals surface area (Å²) in [5, 5.41) is 2.19. The monoisotopic (exact) mass is 1020 g/mol. The number of fused-ring (bicyclic) bond motifs is 7. The van der Waals surface area contributed by atoms with Crippen LogP contribution in [0, 0.1) is 0 Å². The van der Waals surface area contributed by atoms with Crippen molar-refractivity contribution in [3.05, 3.63) is 166 Å². The third-order valence-electron chi connectivity index (χ3n) is 13.0. The van der Waals surface area contributed by atoms with E-state index in [1.165, 1.54) is 27.2 Å². The van der Waals surface area contributed by atoms with Gasteiger partial charge in [0, 0.05) is 73.9 Å². The zero-order chi connectivity index (χ0) is 53.3. The Kier molecular flexibility index (Phi) is 14.4. The summed E-state index contributed by atoms with van der Waals surface area (Å²) in [5.41, 5.74) is 8.92. The van der Waals surface area contributed by atoms with E-state index in [0.29, 0.717) is 73.5 Å². The highest BCUT2D eigenvalue weighted by Gasteiger charge is 2.37. The van der Waals surface area contributed by atoms with Gasteiger partial charge >= 0.3 is 11.9 Å². The van der Waals surface area contributed by atoms with Crippen LogP contribution in [0.2, 0.25) is 0 Å². The highest BCUT2D eigenvalue weighted by Crippen LogP contribution is 2.45. The summed E-state index contributed by atoms with van der Waals surface area (Å²) in [5.74, 6) is -2.86. The van der Waals surface area contributed by atoms with E-state index >= 15 is 0 Å². The van der Waals surface area contributed by atoms with E-state index in [-0.39, 0.29) is 30.2 Å². The van der Waals surface area contributed by atoms with Crippen LogP contribution in [0.25, 0.3) is 11.1 Å². The maximum atomic E-state index is 12.7. The van der Waals surface area contributed by atoms with Crippen molar-refractivity contribution in [2.45, 2.75) is 110 Å². The Hall–Kier alpha value is -7.94. The molecule has 0 unspecified atom stereocenters. The van der Waals surface area contributed by atoms with Gasteiger partial charge in [0.05, 0.1) is 11.1 Å². The zero-order valence-electron chi connectivity index (χ0n) is 43.1. The maximum Gasteiger partial charge on any atom is 0.321 e. The first-order valence-corrected chi connectivity index (χ1v) is 25.1. The van der Waals surface area contributed by atoms with Gasteiger partial charge in [-0.25, -0.2) is 0 Å². The number of hydrogen-bond donors (Lipinski definition) is 1. The molecule has 13 nitrogen and oxygen atoms in total. The Balaban J connectivity index is 0.000000142. The van der Waals surface area contributed by atoms with Gasteiger partial charge in [-0.1, -0.05) is 78.9 Å². The molecule has 0 aromatic heterocycles. The minimum Gasteiger partial charge on any atom is -0.465 e. The molecule has 5 aliphatic rings. The number of halogens is 2. The summed E-state index contributed by atoms with van der Waals surface area (Å²) < 4.78 is 65.1. The fourth-order valence-corrected chi connectivity index (χ4v) is 9.55. The maximum absolute atomic E-state index is 12.7. The Morgan fingerprint density at radius 1 is 0.560 bits per heavy atom. The molecule has 1 N–H and O–H groups in total. The lowest BCUT2D eigenvalue weighted by molar-refractivity contribution is -0.144. The minimum atomic E-state index is -3.35. The van der Waals surface area contributed by atoms with Crippen molar-refractivity contribution in [2.75, 3.05) is 19.7 Å². The Morgan fingerprint density at radius 2 is 0.960 bits per heavy atom. The van der Waals surface area contributed by atoms with Crippen LogP contribution < -0.4 is 33.7 Å². The first-order chi connectivity index (χ1) is 35.6. The molecule has 15 heteroatoms. The third kappa shape index (κ3) is 12.0. The second-order valence-corrected chi connectivity index (χ2v) is 20.4. The molecule has 6 aromatic rings. The molecule has 0 saturated carbocycles. The van der Waals surface area contributed by atoms with Crippen molar-refractivity contribution in [1.29, 1.82) is 0 Å². The van der Waals surface area contributed by atoms with Crippen LogP contribution in [0.5, 0.6) is 34.5 Å². The molecule has 0 saturated heterocycles. The fourth-order valence-electron chi connectivity index (χ4n) is 9.55. The summed E-state index contributed by atoms with van der Waals surface area (Å²) in [6, 6.07) is 40.7. The molecule has 0 fully saturated rings. The van der Waals surface area contributed by atoms with Crippen LogP contribution in [0.1, 0.15) is 116 Å². The van der Waals surface area contributed by atoms with Crippen molar-refractivity contribution in [2.24, 2.45) is 0 Å². The average Bonchev–Trinajstić information content (AvgIpc) is 4.12. The van der Waals surface area contributed by atoms with Crippen LogP contribution >= 0.6 is 0 Å². The standard InChI is InChI=1S/C27H26O4.C19H17NO4.C14H17F2NO3/c1-27(2)30-24-15-14-18(16-25(24)31-27)8-7-13-26(28)29-17-23-21-11-5-3-9-19(21)20-10-4-6-12-22(20)23;1-19(2)23-15-8-7-12(11-16(15)24-19)9-10-20-17(21)13-5-3-4-6-14(13)18(20)22;1-13(2)19-10-5-4-9(8-11(10)20-13)6-7-17-12(18)14(3,15)16/h3-6,9-12,14-16,23H,7-8,13,17H2,1-2H3;3-8,11H,9-10H2,1-2H3;4-5,8H,6-7H2,1-3H3,(H,17,18). The second-order valence-electron chi connectivity index (χ2n) is 20.4. The number of amides is 3. The topological polar surface area (TPSA) is 148 Å². The number of hydrogen-bond acceptors (Lipinski definition) is 11. The molecule has 75 heavy (non-hydrogen) atoms. The summed E-state index contributed by atoms with van der Waals surface area (Å²) in [4.78, 5) is 49.5. The highest BCUT2D eigenvalue weighted by molar-refractivity contribution is 6.21. The predicted octanol–water partition coefficient (Wildman–Crippen LogP) is 11.4. The Bertz CT molecular complexity index is 3080. The van der Waals surface area contributed by atoms with Crippen molar-refractivity contribution < 1.29 is 61.1 Å². The number of esters is 1. The van der Waals surface area contributed by atoms with E-state index in [1.54, 1.807) is 50.2 Å². The van der Waals surface area contributed by atoms with Gasteiger partial charge < -0.3 is 38.5 Å². The van der Waals surface area contributed by atoms with Gasteiger partial charge in [-0.15, -0.1) is 0 Å². The second kappa shape index (κ2) is 20.8. The van der Waals surface area contributed by atoms with Gasteiger partial charge in [-0.2, -0.15) is 8.78 Å². The molecule has 0 spiro atoms. The number of carbonyl (C=O) groups excluding carboxylic acids is 4. The molecule has 0 atom stereocenters. The number of ether oxygens (including phenoxy) is 7. The zero-order valence-corrected chi connectivity index (χ0v) is 43.1. The van der Waals surface area contributed by atoms with Gasteiger partial charge in [0.15, 0.2) is 34.5 Å². The fraction of sp³-hybridized carbons (Fsp3) is 0.333. The molecule has 0 radical (unpaired) electrons. The Labute approximate surface area is 435 Å². The largest absolute Gasteiger partial charge is 0.465 e. The van der Waals surface area contributed by atoms with Gasteiger partial charge in [0.2, 0.25) is 17.4 Å². The van der Waals surface area contributed by atoms with E-state index in [0.717, 1.165) is 41.0 Å². The molecule has 390 valence electrons. The summed E-state index contributed by atoms with van der Waals surface area (Å²) in [6.07, 6.45) is 2.94. The molecular formula is C60H60F2N2O11. The van der Waals surface area contributed by atoms with Crippen LogP contribution in [0.3, 0.4) is 0 Å². The van der Waals surface area contributed by atoms with Crippen LogP contribution in [-0.4, -0.2) is 71.6 Å². The highest BCUT2D eigenvalue weighted by atomic mass is 19.3. The van der Waals surface area contributed by atoms with Gasteiger partial charge in [-0.05, 0) is 113 Å². The summed E-state index contributed by atoms with van der Waals surface area (Å²) in [6.45, 7) is 12.5. The molecule has 6 aromatic carbocycles. The average molecular weight is 1020 g/mol. The smallest absolute Gasteiger partial charge is 0.321 e. The van der Waals surface area contributed by atoms with E-state index in [1.807, 2.05) is 82.3 Å². The molecule has 3 amide bonds. The molecule has 1 aliphatic carbocycles. The van der Waals surface area contributed by atoms with Crippen molar-refractivity contribution in [3.8, 4) is 45.6 Å². The SMILES string of the molecule is CC1(C)Oc2ccc(CCCC(=O)OCC3c4ccccc4-c4ccccc43)cc2O1.CC1(C)Oc2ccc(CCN3C(=O)c4ccccc4C3=O)cc2O1.CC1(C)Oc2ccc(CCNC(=O)C(C)(F)F)cc2O1. The number of aryl methyl sites for hydroxylation is 1. The molecule has 4 aliphatic heterocycles. The van der Waals surface area contributed by atoms with Crippen molar-refractivity contribution >= 4 is 23.7 Å².